The van der Waals surface area contributed by atoms with E-state index >= 15 is 0 Å². The van der Waals surface area contributed by atoms with Gasteiger partial charge in [0.15, 0.2) is 0 Å². The molecule has 1 aromatic rings. The molecule has 1 N–H and O–H groups in total. The normalized spacial score (nSPS) is 10.3. The van der Waals surface area contributed by atoms with Crippen molar-refractivity contribution in [1.82, 2.24) is 15.2 Å². The van der Waals surface area contributed by atoms with Gasteiger partial charge in [-0.2, -0.15) is 0 Å². The van der Waals surface area contributed by atoms with E-state index in [1.54, 1.807) is 13.2 Å². The Morgan fingerprint density at radius 2 is 2.24 bits per heavy atom. The molecule has 0 bridgehead atoms. The number of ether oxygens (including phenoxy) is 1. The Morgan fingerprint density at radius 3 is 2.90 bits per heavy atom. The molecule has 6 nitrogen and oxygen atoms in total. The average Bonchev–Trinajstić information content (AvgIpc) is 2.45. The molecule has 0 saturated heterocycles. The molecule has 2 amide bonds. The van der Waals surface area contributed by atoms with E-state index in [0.29, 0.717) is 17.6 Å². The van der Waals surface area contributed by atoms with Crippen molar-refractivity contribution in [2.75, 3.05) is 33.9 Å². The standard InChI is InChI=1S/C13H17BrClN3O3/c1-18(8-11(19)16-4-3-5-21-2)13(20)10-6-9(14)7-17-12(10)15/h6-7H,3-5,8H2,1-2H3,(H,16,19). The molecule has 1 heterocycles. The monoisotopic (exact) mass is 377 g/mol. The first-order valence-corrected chi connectivity index (χ1v) is 7.45. The fraction of sp³-hybridized carbons (Fsp3) is 0.462. The van der Waals surface area contributed by atoms with Crippen LogP contribution in [0.15, 0.2) is 16.7 Å². The van der Waals surface area contributed by atoms with Crippen LogP contribution in [0.5, 0.6) is 0 Å². The van der Waals surface area contributed by atoms with Crippen molar-refractivity contribution >= 4 is 39.3 Å². The van der Waals surface area contributed by atoms with Gasteiger partial charge in [0, 0.05) is 38.0 Å². The molecule has 0 radical (unpaired) electrons. The number of rotatable bonds is 7. The zero-order valence-corrected chi connectivity index (χ0v) is 14.2. The molecule has 0 aromatic carbocycles. The first kappa shape index (κ1) is 17.9. The van der Waals surface area contributed by atoms with Crippen LogP contribution < -0.4 is 5.32 Å². The predicted octanol–water partition coefficient (Wildman–Crippen LogP) is 1.72. The van der Waals surface area contributed by atoms with E-state index in [1.165, 1.54) is 18.1 Å². The predicted molar refractivity (Wildman–Crippen MR) is 83.4 cm³/mol. The lowest BCUT2D eigenvalue weighted by atomic mass is 10.2. The number of hydrogen-bond acceptors (Lipinski definition) is 4. The molecule has 0 fully saturated rings. The number of likely N-dealkylation sites (N-methyl/N-ethyl adjacent to an activating group) is 1. The van der Waals surface area contributed by atoms with Crippen molar-refractivity contribution in [3.8, 4) is 0 Å². The summed E-state index contributed by atoms with van der Waals surface area (Å²) in [6.07, 6.45) is 2.23. The molecule has 0 spiro atoms. The number of nitrogens with one attached hydrogen (secondary N) is 1. The number of halogens is 2. The van der Waals surface area contributed by atoms with Gasteiger partial charge in [-0.1, -0.05) is 11.6 Å². The summed E-state index contributed by atoms with van der Waals surface area (Å²) in [4.78, 5) is 29.1. The van der Waals surface area contributed by atoms with E-state index in [1.807, 2.05) is 0 Å². The van der Waals surface area contributed by atoms with Gasteiger partial charge < -0.3 is 15.0 Å². The molecule has 21 heavy (non-hydrogen) atoms. The van der Waals surface area contributed by atoms with Gasteiger partial charge in [0.2, 0.25) is 5.91 Å². The molecule has 0 aliphatic carbocycles. The first-order valence-electron chi connectivity index (χ1n) is 6.28. The van der Waals surface area contributed by atoms with Crippen LogP contribution in [0, 0.1) is 0 Å². The van der Waals surface area contributed by atoms with E-state index in [2.05, 4.69) is 26.2 Å². The number of hydrogen-bond donors (Lipinski definition) is 1. The van der Waals surface area contributed by atoms with Gasteiger partial charge in [-0.25, -0.2) is 4.98 Å². The largest absolute Gasteiger partial charge is 0.385 e. The second kappa shape index (κ2) is 8.96. The van der Waals surface area contributed by atoms with E-state index < -0.39 is 0 Å². The molecule has 8 heteroatoms. The highest BCUT2D eigenvalue weighted by molar-refractivity contribution is 9.10. The zero-order valence-electron chi connectivity index (χ0n) is 11.9. The molecule has 1 rings (SSSR count). The number of nitrogens with zero attached hydrogens (tertiary/aromatic N) is 2. The number of carbonyl (C=O) groups excluding carboxylic acids is 2. The summed E-state index contributed by atoms with van der Waals surface area (Å²) in [6, 6.07) is 1.57. The summed E-state index contributed by atoms with van der Waals surface area (Å²) < 4.78 is 5.53. The third-order valence-electron chi connectivity index (χ3n) is 2.61. The summed E-state index contributed by atoms with van der Waals surface area (Å²) in [6.45, 7) is 1.04. The molecule has 116 valence electrons. The van der Waals surface area contributed by atoms with Gasteiger partial charge in [-0.15, -0.1) is 0 Å². The van der Waals surface area contributed by atoms with Crippen LogP contribution in [0.4, 0.5) is 0 Å². The maximum atomic E-state index is 12.2. The third kappa shape index (κ3) is 5.99. The minimum absolute atomic E-state index is 0.0470. The summed E-state index contributed by atoms with van der Waals surface area (Å²) in [5, 5.41) is 2.82. The van der Waals surface area contributed by atoms with Gasteiger partial charge >= 0.3 is 0 Å². The molecule has 1 aromatic heterocycles. The highest BCUT2D eigenvalue weighted by atomic mass is 79.9. The summed E-state index contributed by atoms with van der Waals surface area (Å²) in [5.41, 5.74) is 0.251. The number of methoxy groups -OCH3 is 1. The van der Waals surface area contributed by atoms with Gasteiger partial charge in [0.1, 0.15) is 5.15 Å². The van der Waals surface area contributed by atoms with E-state index in [9.17, 15) is 9.59 Å². The second-order valence-electron chi connectivity index (χ2n) is 4.35. The van der Waals surface area contributed by atoms with Gasteiger partial charge in [-0.3, -0.25) is 9.59 Å². The van der Waals surface area contributed by atoms with Crippen molar-refractivity contribution in [1.29, 1.82) is 0 Å². The molecule has 0 saturated carbocycles. The summed E-state index contributed by atoms with van der Waals surface area (Å²) in [7, 11) is 3.14. The Balaban J connectivity index is 2.54. The Bertz CT molecular complexity index is 513. The highest BCUT2D eigenvalue weighted by Crippen LogP contribution is 2.19. The SMILES string of the molecule is COCCCNC(=O)CN(C)C(=O)c1cc(Br)cnc1Cl. The summed E-state index contributed by atoms with van der Waals surface area (Å²) in [5.74, 6) is -0.595. The van der Waals surface area contributed by atoms with Crippen LogP contribution in [-0.4, -0.2) is 55.6 Å². The number of carbonyl (C=O) groups is 2. The van der Waals surface area contributed by atoms with Crippen LogP contribution in [0.3, 0.4) is 0 Å². The van der Waals surface area contributed by atoms with Crippen molar-refractivity contribution in [3.63, 3.8) is 0 Å². The fourth-order valence-electron chi connectivity index (χ4n) is 1.57. The van der Waals surface area contributed by atoms with Crippen LogP contribution in [0.25, 0.3) is 0 Å². The van der Waals surface area contributed by atoms with E-state index in [-0.39, 0.29) is 29.1 Å². The Kier molecular flexibility index (Phi) is 7.63. The number of amides is 2. The van der Waals surface area contributed by atoms with E-state index in [0.717, 1.165) is 6.42 Å². The van der Waals surface area contributed by atoms with Crippen molar-refractivity contribution in [2.45, 2.75) is 6.42 Å². The van der Waals surface area contributed by atoms with Crippen molar-refractivity contribution < 1.29 is 14.3 Å². The third-order valence-corrected chi connectivity index (χ3v) is 3.35. The van der Waals surface area contributed by atoms with Crippen molar-refractivity contribution in [3.05, 3.63) is 27.5 Å². The van der Waals surface area contributed by atoms with Crippen molar-refractivity contribution in [2.24, 2.45) is 0 Å². The quantitative estimate of drug-likeness (QED) is 0.579. The first-order chi connectivity index (χ1) is 9.95. The molecular formula is C13H17BrClN3O3. The molecule has 0 atom stereocenters. The molecule has 0 aliphatic heterocycles. The lowest BCUT2D eigenvalue weighted by molar-refractivity contribution is -0.121. The maximum Gasteiger partial charge on any atom is 0.257 e. The van der Waals surface area contributed by atoms with Crippen LogP contribution >= 0.6 is 27.5 Å². The Labute approximate surface area is 136 Å². The Morgan fingerprint density at radius 1 is 1.52 bits per heavy atom. The summed E-state index contributed by atoms with van der Waals surface area (Å²) >= 11 is 9.13. The Hall–Kier alpha value is -1.18. The fourth-order valence-corrected chi connectivity index (χ4v) is 2.08. The molecule has 0 aliphatic rings. The number of pyridine rings is 1. The minimum Gasteiger partial charge on any atom is -0.385 e. The second-order valence-corrected chi connectivity index (χ2v) is 5.62. The molecule has 0 unspecified atom stereocenters. The lowest BCUT2D eigenvalue weighted by Crippen LogP contribution is -2.39. The zero-order chi connectivity index (χ0) is 15.8. The highest BCUT2D eigenvalue weighted by Gasteiger charge is 2.18. The molecular weight excluding hydrogens is 362 g/mol. The lowest BCUT2D eigenvalue weighted by Gasteiger charge is -2.17. The average molecular weight is 379 g/mol. The maximum absolute atomic E-state index is 12.2. The van der Waals surface area contributed by atoms with Crippen LogP contribution in [0.2, 0.25) is 5.15 Å². The topological polar surface area (TPSA) is 71.5 Å². The van der Waals surface area contributed by atoms with Crippen LogP contribution in [0.1, 0.15) is 16.8 Å². The van der Waals surface area contributed by atoms with Crippen LogP contribution in [-0.2, 0) is 9.53 Å². The minimum atomic E-state index is -0.360. The van der Waals surface area contributed by atoms with E-state index in [4.69, 9.17) is 16.3 Å². The van der Waals surface area contributed by atoms with Gasteiger partial charge in [0.25, 0.3) is 5.91 Å². The number of aromatic nitrogens is 1. The smallest absolute Gasteiger partial charge is 0.257 e. The van der Waals surface area contributed by atoms with Gasteiger partial charge in [-0.05, 0) is 28.4 Å². The van der Waals surface area contributed by atoms with Gasteiger partial charge in [0.05, 0.1) is 12.1 Å².